The third-order valence-corrected chi connectivity index (χ3v) is 3.61. The zero-order valence-corrected chi connectivity index (χ0v) is 13.6. The molecule has 0 aliphatic heterocycles. The molecule has 23 heavy (non-hydrogen) atoms. The summed E-state index contributed by atoms with van der Waals surface area (Å²) in [5.41, 5.74) is 0.472. The van der Waals surface area contributed by atoms with Gasteiger partial charge in [-0.1, -0.05) is 18.2 Å². The number of benzene rings is 1. The minimum Gasteiger partial charge on any atom is -0.422 e. The highest BCUT2D eigenvalue weighted by Crippen LogP contribution is 2.35. The molecule has 124 valence electrons. The van der Waals surface area contributed by atoms with Crippen molar-refractivity contribution in [1.82, 2.24) is 10.6 Å². The Balaban J connectivity index is 1.86. The van der Waals surface area contributed by atoms with E-state index in [1.807, 2.05) is 12.1 Å². The molecule has 0 saturated carbocycles. The Morgan fingerprint density at radius 1 is 1.30 bits per heavy atom. The van der Waals surface area contributed by atoms with Crippen LogP contribution in [0.2, 0.25) is 0 Å². The number of para-hydroxylation sites is 1. The van der Waals surface area contributed by atoms with Crippen LogP contribution in [0.4, 0.5) is 0 Å². The van der Waals surface area contributed by atoms with Gasteiger partial charge in [0.2, 0.25) is 0 Å². The smallest absolute Gasteiger partial charge is 0.422 e. The summed E-state index contributed by atoms with van der Waals surface area (Å²) in [5.74, 6) is 0. The Kier molecular flexibility index (Phi) is 5.86. The van der Waals surface area contributed by atoms with Crippen molar-refractivity contribution in [3.63, 3.8) is 0 Å². The fraction of sp³-hybridized carbons (Fsp3) is 0.231. The van der Waals surface area contributed by atoms with Gasteiger partial charge in [0.15, 0.2) is 5.11 Å². The van der Waals surface area contributed by atoms with Gasteiger partial charge in [-0.05, 0) is 24.4 Å². The van der Waals surface area contributed by atoms with Gasteiger partial charge in [0.25, 0.3) is 0 Å². The second-order valence-corrected chi connectivity index (χ2v) is 6.18. The van der Waals surface area contributed by atoms with Crippen LogP contribution in [0.5, 0.6) is 0 Å². The summed E-state index contributed by atoms with van der Waals surface area (Å²) in [4.78, 5) is 28.9. The first kappa shape index (κ1) is 17.6. The quantitative estimate of drug-likeness (QED) is 0.258. The monoisotopic (exact) mass is 358 g/mol. The molecule has 1 heterocycles. The molecule has 0 fully saturated rings. The Bertz CT molecular complexity index is 802. The summed E-state index contributed by atoms with van der Waals surface area (Å²) in [6.07, 6.45) is 0. The molecule has 0 aliphatic rings. The molecule has 0 spiro atoms. The summed E-state index contributed by atoms with van der Waals surface area (Å²) < 4.78 is 19.9. The van der Waals surface area contributed by atoms with Gasteiger partial charge in [0.05, 0.1) is 12.2 Å². The van der Waals surface area contributed by atoms with Crippen LogP contribution < -0.4 is 16.3 Å². The molecule has 4 N–H and O–H groups in total. The second kappa shape index (κ2) is 7.67. The van der Waals surface area contributed by atoms with Crippen molar-refractivity contribution in [3.05, 3.63) is 46.3 Å². The number of phosphoric ester groups is 1. The highest BCUT2D eigenvalue weighted by atomic mass is 32.1. The standard InChI is InChI=1S/C13H15N2O6PS/c16-12-10(7-9-3-1-2-4-11(9)21-12)8-15-13(23)14-5-6-20-22(17,18)19/h1-4,7H,5-6,8H2,(H2,14,15,23)(H2,17,18,19). The van der Waals surface area contributed by atoms with Crippen LogP contribution in [-0.4, -0.2) is 28.1 Å². The van der Waals surface area contributed by atoms with Crippen molar-refractivity contribution in [2.24, 2.45) is 0 Å². The molecule has 0 aliphatic carbocycles. The van der Waals surface area contributed by atoms with Crippen molar-refractivity contribution in [3.8, 4) is 0 Å². The normalized spacial score (nSPS) is 11.4. The predicted octanol–water partition coefficient (Wildman–Crippen LogP) is 0.866. The Morgan fingerprint density at radius 2 is 2.04 bits per heavy atom. The molecule has 0 bridgehead atoms. The van der Waals surface area contributed by atoms with Crippen molar-refractivity contribution < 1.29 is 23.3 Å². The Labute approximate surface area is 136 Å². The molecule has 8 nitrogen and oxygen atoms in total. The van der Waals surface area contributed by atoms with Crippen LogP contribution in [-0.2, 0) is 15.6 Å². The van der Waals surface area contributed by atoms with Gasteiger partial charge in [0.1, 0.15) is 5.58 Å². The number of thiocarbonyl (C=S) groups is 1. The van der Waals surface area contributed by atoms with Gasteiger partial charge in [-0.3, -0.25) is 4.52 Å². The molecular weight excluding hydrogens is 343 g/mol. The number of phosphoric acid groups is 1. The molecule has 1 aromatic heterocycles. The van der Waals surface area contributed by atoms with E-state index in [4.69, 9.17) is 26.4 Å². The van der Waals surface area contributed by atoms with Crippen molar-refractivity contribution in [2.75, 3.05) is 13.2 Å². The minimum atomic E-state index is -4.48. The SMILES string of the molecule is O=c1oc2ccccc2cc1CNC(=S)NCCOP(=O)(O)O. The minimum absolute atomic E-state index is 0.114. The van der Waals surface area contributed by atoms with Crippen LogP contribution in [0.25, 0.3) is 11.0 Å². The van der Waals surface area contributed by atoms with Crippen LogP contribution in [0, 0.1) is 0 Å². The highest BCUT2D eigenvalue weighted by molar-refractivity contribution is 7.80. The Morgan fingerprint density at radius 3 is 2.78 bits per heavy atom. The van der Waals surface area contributed by atoms with E-state index in [9.17, 15) is 9.36 Å². The number of nitrogens with one attached hydrogen (secondary N) is 2. The molecule has 0 saturated heterocycles. The van der Waals surface area contributed by atoms with Gasteiger partial charge >= 0.3 is 13.4 Å². The summed E-state index contributed by atoms with van der Waals surface area (Å²) in [6.45, 7) is 0.0752. The number of hydrogen-bond donors (Lipinski definition) is 4. The van der Waals surface area contributed by atoms with Gasteiger partial charge in [-0.15, -0.1) is 0 Å². The van der Waals surface area contributed by atoms with Crippen molar-refractivity contribution in [2.45, 2.75) is 6.54 Å². The molecular formula is C13H15N2O6PS. The zero-order chi connectivity index (χ0) is 16.9. The summed E-state index contributed by atoms with van der Waals surface area (Å²) in [7, 11) is -4.48. The second-order valence-electron chi connectivity index (χ2n) is 4.53. The summed E-state index contributed by atoms with van der Waals surface area (Å²) in [5, 5.41) is 6.55. The van der Waals surface area contributed by atoms with E-state index < -0.39 is 13.4 Å². The lowest BCUT2D eigenvalue weighted by Gasteiger charge is -2.10. The lowest BCUT2D eigenvalue weighted by molar-refractivity contribution is 0.200. The first-order chi connectivity index (χ1) is 10.8. The third kappa shape index (κ3) is 5.74. The fourth-order valence-corrected chi connectivity index (χ4v) is 2.30. The van der Waals surface area contributed by atoms with E-state index in [0.29, 0.717) is 11.1 Å². The third-order valence-electron chi connectivity index (χ3n) is 2.80. The lowest BCUT2D eigenvalue weighted by Crippen LogP contribution is -2.37. The Hall–Kier alpha value is -1.77. The molecule has 10 heteroatoms. The van der Waals surface area contributed by atoms with E-state index in [1.54, 1.807) is 18.2 Å². The molecule has 0 atom stereocenters. The number of fused-ring (bicyclic) bond motifs is 1. The van der Waals surface area contributed by atoms with Crippen LogP contribution in [0.15, 0.2) is 39.5 Å². The maximum atomic E-state index is 11.8. The van der Waals surface area contributed by atoms with E-state index in [1.165, 1.54) is 0 Å². The van der Waals surface area contributed by atoms with E-state index in [0.717, 1.165) is 5.39 Å². The van der Waals surface area contributed by atoms with Crippen LogP contribution in [0.3, 0.4) is 0 Å². The first-order valence-corrected chi connectivity index (χ1v) is 8.52. The topological polar surface area (TPSA) is 121 Å². The average Bonchev–Trinajstić information content (AvgIpc) is 2.48. The first-order valence-electron chi connectivity index (χ1n) is 6.59. The molecule has 0 radical (unpaired) electrons. The van der Waals surface area contributed by atoms with E-state index in [2.05, 4.69) is 15.2 Å². The van der Waals surface area contributed by atoms with Crippen LogP contribution in [0.1, 0.15) is 5.56 Å². The highest BCUT2D eigenvalue weighted by Gasteiger charge is 2.12. The van der Waals surface area contributed by atoms with Gasteiger partial charge < -0.3 is 24.8 Å². The van der Waals surface area contributed by atoms with Crippen LogP contribution >= 0.6 is 20.0 Å². The lowest BCUT2D eigenvalue weighted by atomic mass is 10.2. The maximum absolute atomic E-state index is 11.8. The van der Waals surface area contributed by atoms with E-state index in [-0.39, 0.29) is 24.8 Å². The average molecular weight is 358 g/mol. The van der Waals surface area contributed by atoms with E-state index >= 15 is 0 Å². The summed E-state index contributed by atoms with van der Waals surface area (Å²) >= 11 is 4.99. The van der Waals surface area contributed by atoms with Crippen molar-refractivity contribution in [1.29, 1.82) is 0 Å². The van der Waals surface area contributed by atoms with Gasteiger partial charge in [-0.2, -0.15) is 0 Å². The molecule has 1 aromatic carbocycles. The largest absolute Gasteiger partial charge is 0.469 e. The fourth-order valence-electron chi connectivity index (χ4n) is 1.80. The molecule has 0 amide bonds. The van der Waals surface area contributed by atoms with Gasteiger partial charge in [0, 0.05) is 18.5 Å². The maximum Gasteiger partial charge on any atom is 0.469 e. The zero-order valence-electron chi connectivity index (χ0n) is 11.9. The number of hydrogen-bond acceptors (Lipinski definition) is 5. The van der Waals surface area contributed by atoms with Gasteiger partial charge in [-0.25, -0.2) is 9.36 Å². The molecule has 2 aromatic rings. The van der Waals surface area contributed by atoms with Crippen molar-refractivity contribution >= 4 is 36.1 Å². The predicted molar refractivity (Wildman–Crippen MR) is 87.9 cm³/mol. The molecule has 0 unspecified atom stereocenters. The number of rotatable bonds is 6. The molecule has 2 rings (SSSR count). The summed E-state index contributed by atoms with van der Waals surface area (Å²) in [6, 6.07) is 8.88.